The van der Waals surface area contributed by atoms with Gasteiger partial charge >= 0.3 is 5.97 Å². The highest BCUT2D eigenvalue weighted by Crippen LogP contribution is 2.21. The summed E-state index contributed by atoms with van der Waals surface area (Å²) in [7, 11) is 1.35. The minimum Gasteiger partial charge on any atom is -0.469 e. The molecule has 1 aliphatic carbocycles. The van der Waals surface area contributed by atoms with Crippen LogP contribution in [0.2, 0.25) is 0 Å². The number of hydrogen-bond acceptors (Lipinski definition) is 4. The van der Waals surface area contributed by atoms with Gasteiger partial charge in [0, 0.05) is 6.42 Å². The third-order valence-electron chi connectivity index (χ3n) is 2.00. The minimum absolute atomic E-state index is 0.00477. The van der Waals surface area contributed by atoms with Crippen molar-refractivity contribution in [2.24, 2.45) is 5.92 Å². The molecule has 12 heavy (non-hydrogen) atoms. The Balaban J connectivity index is 2.56. The second-order valence-electron chi connectivity index (χ2n) is 2.81. The molecular formula is C8H10O3S. The molecule has 1 rings (SSSR count). The van der Waals surface area contributed by atoms with Crippen molar-refractivity contribution in [1.29, 1.82) is 0 Å². The number of ether oxygens (including phenoxy) is 1. The van der Waals surface area contributed by atoms with E-state index in [0.717, 1.165) is 0 Å². The Labute approximate surface area is 76.1 Å². The lowest BCUT2D eigenvalue weighted by atomic mass is 9.88. The van der Waals surface area contributed by atoms with Crippen LogP contribution >= 0.6 is 12.2 Å². The van der Waals surface area contributed by atoms with E-state index in [0.29, 0.717) is 24.1 Å². The van der Waals surface area contributed by atoms with E-state index in [1.165, 1.54) is 7.11 Å². The van der Waals surface area contributed by atoms with Gasteiger partial charge in [-0.15, -0.1) is 0 Å². The largest absolute Gasteiger partial charge is 0.469 e. The molecule has 0 aromatic heterocycles. The summed E-state index contributed by atoms with van der Waals surface area (Å²) in [6, 6.07) is 0. The fraction of sp³-hybridized carbons (Fsp3) is 0.625. The zero-order valence-corrected chi connectivity index (χ0v) is 7.65. The molecule has 1 aliphatic rings. The average molecular weight is 186 g/mol. The molecule has 0 radical (unpaired) electrons. The molecule has 0 bridgehead atoms. The van der Waals surface area contributed by atoms with Crippen molar-refractivity contribution in [2.75, 3.05) is 7.11 Å². The van der Waals surface area contributed by atoms with Crippen LogP contribution in [0.15, 0.2) is 0 Å². The van der Waals surface area contributed by atoms with Crippen molar-refractivity contribution in [3.05, 3.63) is 0 Å². The van der Waals surface area contributed by atoms with Crippen LogP contribution in [0.5, 0.6) is 0 Å². The summed E-state index contributed by atoms with van der Waals surface area (Å²) in [5.74, 6) is -0.449. The topological polar surface area (TPSA) is 43.4 Å². The van der Waals surface area contributed by atoms with E-state index in [9.17, 15) is 9.59 Å². The summed E-state index contributed by atoms with van der Waals surface area (Å²) < 4.78 is 4.56. The van der Waals surface area contributed by atoms with Crippen molar-refractivity contribution in [3.8, 4) is 0 Å². The molecule has 1 unspecified atom stereocenters. The monoisotopic (exact) mass is 186 g/mol. The Morgan fingerprint density at radius 3 is 2.83 bits per heavy atom. The molecule has 1 fully saturated rings. The standard InChI is InChI=1S/C8H10O3S/c1-11-8(10)5-2-3-6(9)7(12)4-5/h5H,2-4H2,1H3. The molecule has 0 N–H and O–H groups in total. The Hall–Kier alpha value is -0.770. The Bertz CT molecular complexity index is 234. The predicted octanol–water partition coefficient (Wildman–Crippen LogP) is 0.898. The molecule has 3 nitrogen and oxygen atoms in total. The first-order valence-corrected chi connectivity index (χ1v) is 4.20. The van der Waals surface area contributed by atoms with Gasteiger partial charge in [-0.05, 0) is 12.8 Å². The average Bonchev–Trinajstić information content (AvgIpc) is 2.08. The van der Waals surface area contributed by atoms with Crippen molar-refractivity contribution in [2.45, 2.75) is 19.3 Å². The summed E-state index contributed by atoms with van der Waals surface area (Å²) >= 11 is 4.82. The maximum atomic E-state index is 11.0. The lowest BCUT2D eigenvalue weighted by Gasteiger charge is -2.18. The molecule has 1 saturated carbocycles. The Morgan fingerprint density at radius 1 is 1.67 bits per heavy atom. The van der Waals surface area contributed by atoms with Gasteiger partial charge in [-0.1, -0.05) is 12.2 Å². The SMILES string of the molecule is COC(=O)C1CCC(=O)C(=S)C1. The van der Waals surface area contributed by atoms with Gasteiger partial charge in [-0.25, -0.2) is 0 Å². The minimum atomic E-state index is -0.259. The summed E-state index contributed by atoms with van der Waals surface area (Å²) in [5, 5.41) is 0. The first-order chi connectivity index (χ1) is 5.65. The van der Waals surface area contributed by atoms with Gasteiger partial charge in [-0.3, -0.25) is 9.59 Å². The molecule has 0 heterocycles. The maximum Gasteiger partial charge on any atom is 0.309 e. The third kappa shape index (κ3) is 1.88. The quantitative estimate of drug-likeness (QED) is 0.451. The fourth-order valence-corrected chi connectivity index (χ4v) is 1.56. The Morgan fingerprint density at radius 2 is 2.33 bits per heavy atom. The number of ketones is 1. The summed E-state index contributed by atoms with van der Waals surface area (Å²) in [4.78, 5) is 22.4. The number of Topliss-reactive ketones (excluding diaryl/α,β-unsaturated/α-hetero) is 1. The van der Waals surface area contributed by atoms with Crippen molar-refractivity contribution < 1.29 is 14.3 Å². The number of methoxy groups -OCH3 is 1. The summed E-state index contributed by atoms with van der Waals surface area (Å²) in [5.41, 5.74) is 0. The first-order valence-electron chi connectivity index (χ1n) is 3.79. The van der Waals surface area contributed by atoms with E-state index >= 15 is 0 Å². The van der Waals surface area contributed by atoms with Crippen LogP contribution in [0.4, 0.5) is 0 Å². The van der Waals surface area contributed by atoms with Crippen molar-refractivity contribution >= 4 is 28.8 Å². The van der Waals surface area contributed by atoms with Gasteiger partial charge in [-0.2, -0.15) is 0 Å². The number of carbonyl (C=O) groups excluding carboxylic acids is 2. The van der Waals surface area contributed by atoms with Gasteiger partial charge in [0.05, 0.1) is 17.9 Å². The van der Waals surface area contributed by atoms with Gasteiger partial charge in [0.1, 0.15) is 0 Å². The van der Waals surface area contributed by atoms with E-state index in [2.05, 4.69) is 4.74 Å². The highest BCUT2D eigenvalue weighted by Gasteiger charge is 2.28. The van der Waals surface area contributed by atoms with E-state index < -0.39 is 0 Å². The molecule has 0 aromatic carbocycles. The van der Waals surface area contributed by atoms with Crippen LogP contribution in [0.3, 0.4) is 0 Å². The number of carbonyl (C=O) groups is 2. The molecule has 0 amide bonds. The molecule has 0 aromatic rings. The lowest BCUT2D eigenvalue weighted by Crippen LogP contribution is -2.28. The Kier molecular flexibility index (Phi) is 2.92. The van der Waals surface area contributed by atoms with Gasteiger partial charge < -0.3 is 4.74 Å². The lowest BCUT2D eigenvalue weighted by molar-refractivity contribution is -0.145. The molecule has 0 spiro atoms. The van der Waals surface area contributed by atoms with Crippen molar-refractivity contribution in [1.82, 2.24) is 0 Å². The number of esters is 1. The van der Waals surface area contributed by atoms with Crippen LogP contribution in [0.1, 0.15) is 19.3 Å². The molecule has 4 heteroatoms. The molecule has 0 saturated heterocycles. The van der Waals surface area contributed by atoms with Crippen LogP contribution < -0.4 is 0 Å². The van der Waals surface area contributed by atoms with Crippen LogP contribution in [-0.2, 0) is 14.3 Å². The molecule has 1 atom stereocenters. The van der Waals surface area contributed by atoms with Crippen LogP contribution in [-0.4, -0.2) is 23.7 Å². The van der Waals surface area contributed by atoms with E-state index in [4.69, 9.17) is 12.2 Å². The smallest absolute Gasteiger partial charge is 0.309 e. The van der Waals surface area contributed by atoms with Crippen LogP contribution in [0, 0.1) is 5.92 Å². The fourth-order valence-electron chi connectivity index (χ4n) is 1.25. The molecule has 0 aliphatic heterocycles. The van der Waals surface area contributed by atoms with Gasteiger partial charge in [0.25, 0.3) is 0 Å². The van der Waals surface area contributed by atoms with Crippen molar-refractivity contribution in [3.63, 3.8) is 0 Å². The van der Waals surface area contributed by atoms with Gasteiger partial charge in [0.2, 0.25) is 0 Å². The first kappa shape index (κ1) is 9.32. The highest BCUT2D eigenvalue weighted by molar-refractivity contribution is 7.82. The number of hydrogen-bond donors (Lipinski definition) is 0. The molecule has 66 valence electrons. The zero-order chi connectivity index (χ0) is 9.14. The van der Waals surface area contributed by atoms with E-state index in [1.54, 1.807) is 0 Å². The second-order valence-corrected chi connectivity index (χ2v) is 3.30. The maximum absolute atomic E-state index is 11.0. The number of thiocarbonyl (C=S) groups is 1. The van der Waals surface area contributed by atoms with Crippen LogP contribution in [0.25, 0.3) is 0 Å². The summed E-state index contributed by atoms with van der Waals surface area (Å²) in [6.07, 6.45) is 1.35. The molecular weight excluding hydrogens is 176 g/mol. The van der Waals surface area contributed by atoms with E-state index in [-0.39, 0.29) is 17.7 Å². The highest BCUT2D eigenvalue weighted by atomic mass is 32.1. The second kappa shape index (κ2) is 3.76. The number of rotatable bonds is 1. The predicted molar refractivity (Wildman–Crippen MR) is 47.0 cm³/mol. The third-order valence-corrected chi connectivity index (χ3v) is 2.39. The summed E-state index contributed by atoms with van der Waals surface area (Å²) in [6.45, 7) is 0. The normalized spacial score (nSPS) is 23.9. The van der Waals surface area contributed by atoms with Gasteiger partial charge in [0.15, 0.2) is 5.78 Å². The zero-order valence-electron chi connectivity index (χ0n) is 6.83. The van der Waals surface area contributed by atoms with E-state index in [1.807, 2.05) is 0 Å².